The average Bonchev–Trinajstić information content (AvgIpc) is 2.88. The third-order valence-electron chi connectivity index (χ3n) is 4.01. The Morgan fingerprint density at radius 2 is 2.08 bits per heavy atom. The molecule has 1 aromatic rings. The van der Waals surface area contributed by atoms with Gasteiger partial charge in [-0.15, -0.1) is 10.2 Å². The maximum Gasteiger partial charge on any atom is 0.271 e. The Bertz CT molecular complexity index is 660. The topological polar surface area (TPSA) is 95.5 Å². The van der Waals surface area contributed by atoms with Gasteiger partial charge in [-0.25, -0.2) is 8.42 Å². The van der Waals surface area contributed by atoms with Crippen molar-refractivity contribution in [1.29, 1.82) is 0 Å². The van der Waals surface area contributed by atoms with Crippen molar-refractivity contribution in [3.05, 3.63) is 17.8 Å². The summed E-state index contributed by atoms with van der Waals surface area (Å²) in [6.45, 7) is 3.88. The van der Waals surface area contributed by atoms with E-state index in [-0.39, 0.29) is 29.1 Å². The van der Waals surface area contributed by atoms with Crippen molar-refractivity contribution < 1.29 is 13.2 Å². The number of nitrogens with one attached hydrogen (secondary N) is 1. The van der Waals surface area contributed by atoms with Crippen molar-refractivity contribution in [2.45, 2.75) is 19.4 Å². The van der Waals surface area contributed by atoms with E-state index in [4.69, 9.17) is 0 Å². The predicted molar refractivity (Wildman–Crippen MR) is 93.0 cm³/mol. The van der Waals surface area contributed by atoms with Gasteiger partial charge in [0.1, 0.15) is 0 Å². The van der Waals surface area contributed by atoms with Crippen LogP contribution in [0.5, 0.6) is 0 Å². The number of anilines is 1. The third kappa shape index (κ3) is 4.88. The Morgan fingerprint density at radius 3 is 2.58 bits per heavy atom. The van der Waals surface area contributed by atoms with Gasteiger partial charge in [0, 0.05) is 25.7 Å². The number of amides is 1. The normalized spacial score (nSPS) is 19.4. The fourth-order valence-electron chi connectivity index (χ4n) is 2.71. The summed E-state index contributed by atoms with van der Waals surface area (Å²) in [5.41, 5.74) is 0.257. The van der Waals surface area contributed by atoms with Crippen LogP contribution in [0.15, 0.2) is 12.1 Å². The molecule has 1 N–H and O–H groups in total. The molecule has 1 aromatic heterocycles. The van der Waals surface area contributed by atoms with Crippen LogP contribution in [0.4, 0.5) is 5.82 Å². The molecule has 1 unspecified atom stereocenters. The molecule has 0 aliphatic carbocycles. The lowest BCUT2D eigenvalue weighted by Gasteiger charge is -2.27. The van der Waals surface area contributed by atoms with E-state index < -0.39 is 9.84 Å². The number of hydrogen-bond acceptors (Lipinski definition) is 7. The Balaban J connectivity index is 2.01. The Labute approximate surface area is 143 Å². The lowest BCUT2D eigenvalue weighted by atomic mass is 10.2. The minimum Gasteiger partial charge on any atom is -0.351 e. The average molecular weight is 355 g/mol. The highest BCUT2D eigenvalue weighted by Gasteiger charge is 2.32. The van der Waals surface area contributed by atoms with Gasteiger partial charge in [0.05, 0.1) is 11.5 Å². The molecule has 2 heterocycles. The Kier molecular flexibility index (Phi) is 6.11. The second-order valence-corrected chi connectivity index (χ2v) is 8.41. The van der Waals surface area contributed by atoms with Gasteiger partial charge in [-0.3, -0.25) is 4.79 Å². The number of carbonyl (C=O) groups excluding carboxylic acids is 1. The molecule has 1 aliphatic rings. The lowest BCUT2D eigenvalue weighted by Crippen LogP contribution is -2.37. The number of carbonyl (C=O) groups is 1. The van der Waals surface area contributed by atoms with Gasteiger partial charge in [0.2, 0.25) is 0 Å². The van der Waals surface area contributed by atoms with Gasteiger partial charge >= 0.3 is 0 Å². The molecule has 1 atom stereocenters. The Morgan fingerprint density at radius 1 is 1.33 bits per heavy atom. The zero-order valence-corrected chi connectivity index (χ0v) is 15.2. The highest BCUT2D eigenvalue weighted by molar-refractivity contribution is 7.91. The summed E-state index contributed by atoms with van der Waals surface area (Å²) in [7, 11) is 0.912. The standard InChI is InChI=1S/C15H25N5O3S/c1-4-20(12-7-10-24(22,23)11-12)14-6-5-13(17-18-14)15(21)16-8-9-19(2)3/h5-6,12H,4,7-11H2,1-3H3,(H,16,21). The molecule has 2 rings (SSSR count). The van der Waals surface area contributed by atoms with Gasteiger partial charge in [-0.1, -0.05) is 0 Å². The summed E-state index contributed by atoms with van der Waals surface area (Å²) < 4.78 is 23.3. The maximum atomic E-state index is 12.0. The van der Waals surface area contributed by atoms with Crippen LogP contribution >= 0.6 is 0 Å². The number of rotatable bonds is 7. The molecule has 1 aliphatic heterocycles. The van der Waals surface area contributed by atoms with Crippen molar-refractivity contribution in [2.75, 3.05) is 50.1 Å². The van der Waals surface area contributed by atoms with Gasteiger partial charge in [-0.05, 0) is 39.6 Å². The van der Waals surface area contributed by atoms with Crippen molar-refractivity contribution in [2.24, 2.45) is 0 Å². The van der Waals surface area contributed by atoms with E-state index in [9.17, 15) is 13.2 Å². The fourth-order valence-corrected chi connectivity index (χ4v) is 4.44. The number of hydrogen-bond donors (Lipinski definition) is 1. The summed E-state index contributed by atoms with van der Waals surface area (Å²) in [6, 6.07) is 3.27. The molecule has 0 bridgehead atoms. The molecular weight excluding hydrogens is 330 g/mol. The second kappa shape index (κ2) is 7.89. The molecule has 1 fully saturated rings. The lowest BCUT2D eigenvalue weighted by molar-refractivity contribution is 0.0945. The van der Waals surface area contributed by atoms with E-state index >= 15 is 0 Å². The molecule has 0 saturated carbocycles. The maximum absolute atomic E-state index is 12.0. The number of likely N-dealkylation sites (N-methyl/N-ethyl adjacent to an activating group) is 1. The Hall–Kier alpha value is -1.74. The van der Waals surface area contributed by atoms with Crippen molar-refractivity contribution >= 4 is 21.6 Å². The largest absolute Gasteiger partial charge is 0.351 e. The molecule has 24 heavy (non-hydrogen) atoms. The summed E-state index contributed by atoms with van der Waals surface area (Å²) in [6.07, 6.45) is 0.602. The van der Waals surface area contributed by atoms with Gasteiger partial charge < -0.3 is 15.1 Å². The first kappa shape index (κ1) is 18.6. The number of sulfone groups is 1. The molecular formula is C15H25N5O3S. The quantitative estimate of drug-likeness (QED) is 0.722. The first-order valence-electron chi connectivity index (χ1n) is 8.06. The van der Waals surface area contributed by atoms with Crippen LogP contribution in [0.25, 0.3) is 0 Å². The summed E-state index contributed by atoms with van der Waals surface area (Å²) >= 11 is 0. The third-order valence-corrected chi connectivity index (χ3v) is 5.76. The van der Waals surface area contributed by atoms with Crippen LogP contribution in [0.3, 0.4) is 0 Å². The van der Waals surface area contributed by atoms with Crippen molar-refractivity contribution in [3.8, 4) is 0 Å². The summed E-state index contributed by atoms with van der Waals surface area (Å²) in [4.78, 5) is 15.9. The molecule has 8 nitrogen and oxygen atoms in total. The molecule has 9 heteroatoms. The first-order chi connectivity index (χ1) is 11.3. The van der Waals surface area contributed by atoms with Gasteiger partial charge in [-0.2, -0.15) is 0 Å². The van der Waals surface area contributed by atoms with Crippen LogP contribution in [0.2, 0.25) is 0 Å². The highest BCUT2D eigenvalue weighted by Crippen LogP contribution is 2.22. The van der Waals surface area contributed by atoms with Crippen molar-refractivity contribution in [1.82, 2.24) is 20.4 Å². The molecule has 1 amide bonds. The predicted octanol–water partition coefficient (Wildman–Crippen LogP) is -0.219. The molecule has 0 spiro atoms. The molecule has 1 saturated heterocycles. The second-order valence-electron chi connectivity index (χ2n) is 6.18. The van der Waals surface area contributed by atoms with Gasteiger partial charge in [0.15, 0.2) is 21.3 Å². The van der Waals surface area contributed by atoms with E-state index in [1.54, 1.807) is 12.1 Å². The van der Waals surface area contributed by atoms with Crippen LogP contribution in [-0.2, 0) is 9.84 Å². The summed E-state index contributed by atoms with van der Waals surface area (Å²) in [5.74, 6) is 0.704. The minimum atomic E-state index is -2.96. The van der Waals surface area contributed by atoms with Crippen molar-refractivity contribution in [3.63, 3.8) is 0 Å². The van der Waals surface area contributed by atoms with E-state index in [0.29, 0.717) is 25.3 Å². The number of nitrogens with zero attached hydrogens (tertiary/aromatic N) is 4. The zero-order chi connectivity index (χ0) is 17.7. The minimum absolute atomic E-state index is 0.0749. The first-order valence-corrected chi connectivity index (χ1v) is 9.88. The van der Waals surface area contributed by atoms with Gasteiger partial charge in [0.25, 0.3) is 5.91 Å². The molecule has 0 radical (unpaired) electrons. The van der Waals surface area contributed by atoms with E-state index in [0.717, 1.165) is 6.54 Å². The van der Waals surface area contributed by atoms with E-state index in [1.807, 2.05) is 30.8 Å². The van der Waals surface area contributed by atoms with E-state index in [1.165, 1.54) is 0 Å². The fraction of sp³-hybridized carbons (Fsp3) is 0.667. The summed E-state index contributed by atoms with van der Waals surface area (Å²) in [5, 5.41) is 10.9. The molecule has 0 aromatic carbocycles. The highest BCUT2D eigenvalue weighted by atomic mass is 32.2. The van der Waals surface area contributed by atoms with Crippen LogP contribution in [0.1, 0.15) is 23.8 Å². The zero-order valence-electron chi connectivity index (χ0n) is 14.4. The monoisotopic (exact) mass is 355 g/mol. The van der Waals surface area contributed by atoms with E-state index in [2.05, 4.69) is 15.5 Å². The SMILES string of the molecule is CCN(c1ccc(C(=O)NCCN(C)C)nn1)C1CCS(=O)(=O)C1. The van der Waals surface area contributed by atoms with Crippen LogP contribution in [0, 0.1) is 0 Å². The van der Waals surface area contributed by atoms with Crippen LogP contribution < -0.4 is 10.2 Å². The number of aromatic nitrogens is 2. The van der Waals surface area contributed by atoms with Crippen LogP contribution in [-0.4, -0.2) is 80.7 Å². The smallest absolute Gasteiger partial charge is 0.271 e. The molecule has 134 valence electrons.